The summed E-state index contributed by atoms with van der Waals surface area (Å²) in [6.45, 7) is 7.14. The number of carbonyl (C=O) groups excluding carboxylic acids is 1. The van der Waals surface area contributed by atoms with E-state index in [1.165, 1.54) is 11.1 Å². The molecule has 5 nitrogen and oxygen atoms in total. The molecule has 5 heteroatoms. The number of likely N-dealkylation sites (N-methyl/N-ethyl adjacent to an activating group) is 1. The molecule has 0 radical (unpaired) electrons. The zero-order valence-corrected chi connectivity index (χ0v) is 16.3. The van der Waals surface area contributed by atoms with Crippen LogP contribution in [-0.2, 0) is 6.42 Å². The van der Waals surface area contributed by atoms with Crippen LogP contribution in [0.4, 0.5) is 0 Å². The summed E-state index contributed by atoms with van der Waals surface area (Å²) in [7, 11) is 1.88. The summed E-state index contributed by atoms with van der Waals surface area (Å²) < 4.78 is 5.84. The van der Waals surface area contributed by atoms with Gasteiger partial charge in [0.05, 0.1) is 12.1 Å². The molecule has 1 aliphatic rings. The van der Waals surface area contributed by atoms with Crippen molar-refractivity contribution in [3.8, 4) is 5.75 Å². The third kappa shape index (κ3) is 4.37. The van der Waals surface area contributed by atoms with Crippen molar-refractivity contribution >= 4 is 12.1 Å². The molecular formula is C22H27N3O2. The van der Waals surface area contributed by atoms with E-state index < -0.39 is 0 Å². The van der Waals surface area contributed by atoms with Crippen LogP contribution in [0, 0.1) is 13.8 Å². The quantitative estimate of drug-likeness (QED) is 0.558. The molecule has 0 unspecified atom stereocenters. The lowest BCUT2D eigenvalue weighted by atomic mass is 9.93. The van der Waals surface area contributed by atoms with E-state index in [9.17, 15) is 4.79 Å². The average Bonchev–Trinajstić information content (AvgIpc) is 3.22. The molecule has 0 saturated carbocycles. The van der Waals surface area contributed by atoms with Crippen LogP contribution in [0.15, 0.2) is 35.3 Å². The minimum Gasteiger partial charge on any atom is -0.491 e. The maximum atomic E-state index is 11.6. The highest BCUT2D eigenvalue weighted by Gasteiger charge is 2.14. The number of aliphatic imine (C=N–C) groups is 1. The van der Waals surface area contributed by atoms with Crippen molar-refractivity contribution in [2.45, 2.75) is 20.3 Å². The molecule has 0 aliphatic carbocycles. The largest absolute Gasteiger partial charge is 0.491 e. The molecule has 0 aromatic heterocycles. The lowest BCUT2D eigenvalue weighted by Crippen LogP contribution is -2.19. The van der Waals surface area contributed by atoms with Gasteiger partial charge in [-0.15, -0.1) is 0 Å². The molecule has 0 bridgehead atoms. The van der Waals surface area contributed by atoms with E-state index >= 15 is 0 Å². The van der Waals surface area contributed by atoms with Crippen molar-refractivity contribution < 1.29 is 9.53 Å². The molecular weight excluding hydrogens is 338 g/mol. The molecule has 27 heavy (non-hydrogen) atoms. The average molecular weight is 365 g/mol. The third-order valence-electron chi connectivity index (χ3n) is 5.00. The SMILES string of the molecule is CNCCOc1c(C=O)cc(Cc2ccc(C3=NCCN3)cc2)c(C)c1C. The highest BCUT2D eigenvalue weighted by atomic mass is 16.5. The molecule has 2 N–H and O–H groups in total. The summed E-state index contributed by atoms with van der Waals surface area (Å²) in [5.74, 6) is 1.67. The number of rotatable bonds is 8. The van der Waals surface area contributed by atoms with Crippen molar-refractivity contribution in [1.82, 2.24) is 10.6 Å². The van der Waals surface area contributed by atoms with Crippen LogP contribution in [0.25, 0.3) is 0 Å². The number of nitrogens with zero attached hydrogens (tertiary/aromatic N) is 1. The van der Waals surface area contributed by atoms with Gasteiger partial charge in [0.2, 0.25) is 0 Å². The maximum absolute atomic E-state index is 11.6. The fourth-order valence-electron chi connectivity index (χ4n) is 3.30. The minimum atomic E-state index is 0.538. The number of carbonyl (C=O) groups is 1. The van der Waals surface area contributed by atoms with Crippen molar-refractivity contribution in [2.75, 3.05) is 33.3 Å². The number of amidine groups is 1. The topological polar surface area (TPSA) is 62.7 Å². The van der Waals surface area contributed by atoms with Crippen molar-refractivity contribution in [1.29, 1.82) is 0 Å². The predicted octanol–water partition coefficient (Wildman–Crippen LogP) is 2.65. The van der Waals surface area contributed by atoms with Gasteiger partial charge < -0.3 is 15.4 Å². The normalized spacial score (nSPS) is 13.2. The number of ether oxygens (including phenoxy) is 1. The van der Waals surface area contributed by atoms with Crippen molar-refractivity contribution in [3.63, 3.8) is 0 Å². The molecule has 1 heterocycles. The van der Waals surface area contributed by atoms with E-state index in [4.69, 9.17) is 4.74 Å². The second-order valence-electron chi connectivity index (χ2n) is 6.80. The first-order valence-electron chi connectivity index (χ1n) is 9.37. The second-order valence-corrected chi connectivity index (χ2v) is 6.80. The second kappa shape index (κ2) is 8.82. The van der Waals surface area contributed by atoms with E-state index in [-0.39, 0.29) is 0 Å². The Kier molecular flexibility index (Phi) is 6.24. The van der Waals surface area contributed by atoms with Gasteiger partial charge in [-0.05, 0) is 55.6 Å². The Bertz CT molecular complexity index is 842. The number of hydrogen-bond donors (Lipinski definition) is 2. The summed E-state index contributed by atoms with van der Waals surface area (Å²) in [5.41, 5.74) is 6.30. The highest BCUT2D eigenvalue weighted by Crippen LogP contribution is 2.30. The molecule has 0 fully saturated rings. The fourth-order valence-corrected chi connectivity index (χ4v) is 3.30. The molecule has 0 atom stereocenters. The smallest absolute Gasteiger partial charge is 0.153 e. The first-order valence-corrected chi connectivity index (χ1v) is 9.37. The lowest BCUT2D eigenvalue weighted by molar-refractivity contribution is 0.111. The Balaban J connectivity index is 1.82. The van der Waals surface area contributed by atoms with Crippen LogP contribution in [-0.4, -0.2) is 45.4 Å². The van der Waals surface area contributed by atoms with Gasteiger partial charge in [0, 0.05) is 18.7 Å². The fraction of sp³-hybridized carbons (Fsp3) is 0.364. The van der Waals surface area contributed by atoms with E-state index in [0.717, 1.165) is 54.9 Å². The van der Waals surface area contributed by atoms with Crippen LogP contribution in [0.1, 0.15) is 38.2 Å². The number of hydrogen-bond acceptors (Lipinski definition) is 5. The summed E-state index contributed by atoms with van der Waals surface area (Å²) in [4.78, 5) is 16.1. The van der Waals surface area contributed by atoms with Crippen LogP contribution in [0.3, 0.4) is 0 Å². The monoisotopic (exact) mass is 365 g/mol. The molecule has 2 aromatic carbocycles. The van der Waals surface area contributed by atoms with E-state index in [2.05, 4.69) is 46.8 Å². The number of benzene rings is 2. The maximum Gasteiger partial charge on any atom is 0.153 e. The zero-order chi connectivity index (χ0) is 19.2. The Labute approximate surface area is 160 Å². The van der Waals surface area contributed by atoms with Gasteiger partial charge in [-0.25, -0.2) is 0 Å². The standard InChI is InChI=1S/C22H27N3O2/c1-15-16(2)21(27-11-10-23-3)20(14-26)13-19(15)12-17-4-6-18(7-5-17)22-24-8-9-25-22/h4-7,13-14,23H,8-12H2,1-3H3,(H,24,25). The Morgan fingerprint density at radius 1 is 1.22 bits per heavy atom. The first-order chi connectivity index (χ1) is 13.1. The molecule has 1 aliphatic heterocycles. The lowest BCUT2D eigenvalue weighted by Gasteiger charge is -2.17. The van der Waals surface area contributed by atoms with E-state index in [1.807, 2.05) is 20.0 Å². The van der Waals surface area contributed by atoms with Gasteiger partial charge in [0.1, 0.15) is 18.2 Å². The molecule has 0 amide bonds. The van der Waals surface area contributed by atoms with Crippen LogP contribution in [0.5, 0.6) is 5.75 Å². The molecule has 142 valence electrons. The summed E-state index contributed by atoms with van der Waals surface area (Å²) in [6, 6.07) is 10.4. The van der Waals surface area contributed by atoms with E-state index in [0.29, 0.717) is 17.9 Å². The van der Waals surface area contributed by atoms with Crippen molar-refractivity contribution in [3.05, 3.63) is 63.7 Å². The molecule has 2 aromatic rings. The Hall–Kier alpha value is -2.66. The molecule has 0 saturated heterocycles. The van der Waals surface area contributed by atoms with Crippen LogP contribution >= 0.6 is 0 Å². The summed E-state index contributed by atoms with van der Waals surface area (Å²) in [6.07, 6.45) is 1.67. The first kappa shape index (κ1) is 19.1. The van der Waals surface area contributed by atoms with Crippen molar-refractivity contribution in [2.24, 2.45) is 4.99 Å². The van der Waals surface area contributed by atoms with Gasteiger partial charge in [-0.3, -0.25) is 9.79 Å². The zero-order valence-electron chi connectivity index (χ0n) is 16.3. The summed E-state index contributed by atoms with van der Waals surface area (Å²) >= 11 is 0. The number of aldehydes is 1. The minimum absolute atomic E-state index is 0.538. The van der Waals surface area contributed by atoms with Crippen LogP contribution in [0.2, 0.25) is 0 Å². The van der Waals surface area contributed by atoms with Crippen LogP contribution < -0.4 is 15.4 Å². The summed E-state index contributed by atoms with van der Waals surface area (Å²) in [5, 5.41) is 6.35. The molecule has 0 spiro atoms. The van der Waals surface area contributed by atoms with Gasteiger partial charge in [0.25, 0.3) is 0 Å². The Morgan fingerprint density at radius 2 is 2.00 bits per heavy atom. The number of nitrogens with one attached hydrogen (secondary N) is 2. The van der Waals surface area contributed by atoms with E-state index in [1.54, 1.807) is 0 Å². The Morgan fingerprint density at radius 3 is 2.63 bits per heavy atom. The highest BCUT2D eigenvalue weighted by molar-refractivity contribution is 5.99. The predicted molar refractivity (Wildman–Crippen MR) is 109 cm³/mol. The van der Waals surface area contributed by atoms with Gasteiger partial charge in [-0.2, -0.15) is 0 Å². The van der Waals surface area contributed by atoms with Gasteiger partial charge in [0.15, 0.2) is 6.29 Å². The van der Waals surface area contributed by atoms with Gasteiger partial charge in [-0.1, -0.05) is 24.3 Å². The molecule has 3 rings (SSSR count). The van der Waals surface area contributed by atoms with Gasteiger partial charge >= 0.3 is 0 Å². The third-order valence-corrected chi connectivity index (χ3v) is 5.00.